The van der Waals surface area contributed by atoms with Crippen LogP contribution >= 0.6 is 7.60 Å². The Morgan fingerprint density at radius 1 is 1.36 bits per heavy atom. The van der Waals surface area contributed by atoms with Crippen molar-refractivity contribution in [3.8, 4) is 0 Å². The molecule has 0 heterocycles. The van der Waals surface area contributed by atoms with Crippen LogP contribution < -0.4 is 0 Å². The Labute approximate surface area is 78.6 Å². The number of allylic oxidation sites excluding steroid dienone is 6. The molecule has 3 nitrogen and oxygen atoms in total. The van der Waals surface area contributed by atoms with Crippen LogP contribution in [0.5, 0.6) is 0 Å². The zero-order valence-corrected chi connectivity index (χ0v) is 7.84. The van der Waals surface area contributed by atoms with Gasteiger partial charge in [0.2, 0.25) is 0 Å². The van der Waals surface area contributed by atoms with Crippen molar-refractivity contribution in [2.45, 2.75) is 12.1 Å². The largest absolute Gasteiger partial charge is 0.399 e. The van der Waals surface area contributed by atoms with Crippen molar-refractivity contribution in [3.63, 3.8) is 0 Å². The second-order valence-corrected chi connectivity index (χ2v) is 4.90. The Hall–Kier alpha value is -0.770. The standard InChI is InChI=1S/C8H7F2O3P/c9-8(10,14(11,12)13)7-4-5-1-2-6(7)3-5/h1-2,4H,3H2,(H2,11,12,13). The van der Waals surface area contributed by atoms with Crippen LogP contribution in [-0.4, -0.2) is 15.5 Å². The number of halogens is 2. The van der Waals surface area contributed by atoms with E-state index in [4.69, 9.17) is 9.79 Å². The van der Waals surface area contributed by atoms with E-state index < -0.39 is 18.8 Å². The first kappa shape index (κ1) is 9.77. The lowest BCUT2D eigenvalue weighted by Gasteiger charge is -2.19. The van der Waals surface area contributed by atoms with Crippen molar-refractivity contribution in [2.75, 3.05) is 0 Å². The van der Waals surface area contributed by atoms with Gasteiger partial charge in [0.15, 0.2) is 0 Å². The van der Waals surface area contributed by atoms with Crippen LogP contribution in [0.25, 0.3) is 0 Å². The molecule has 0 aromatic heterocycles. The second-order valence-electron chi connectivity index (χ2n) is 3.25. The van der Waals surface area contributed by atoms with Crippen molar-refractivity contribution in [2.24, 2.45) is 0 Å². The first-order chi connectivity index (χ1) is 6.32. The molecule has 0 saturated heterocycles. The van der Waals surface area contributed by atoms with Crippen LogP contribution in [0.4, 0.5) is 8.78 Å². The molecule has 2 bridgehead atoms. The van der Waals surface area contributed by atoms with Crippen LogP contribution in [0.2, 0.25) is 0 Å². The molecule has 0 aromatic carbocycles. The molecule has 0 amide bonds. The van der Waals surface area contributed by atoms with Crippen LogP contribution in [0.15, 0.2) is 34.9 Å². The third-order valence-corrected chi connectivity index (χ3v) is 3.23. The Morgan fingerprint density at radius 3 is 2.36 bits per heavy atom. The van der Waals surface area contributed by atoms with Gasteiger partial charge in [0.05, 0.1) is 0 Å². The number of rotatable bonds is 2. The fourth-order valence-electron chi connectivity index (χ4n) is 1.54. The lowest BCUT2D eigenvalue weighted by molar-refractivity contribution is 0.0989. The SMILES string of the molecule is O=P(O)(O)C(F)(F)C1=C2C=CC(=C1)C2. The third-order valence-electron chi connectivity index (χ3n) is 2.26. The molecule has 0 aromatic rings. The molecule has 6 heteroatoms. The molecule has 0 spiro atoms. The monoisotopic (exact) mass is 220 g/mol. The molecule has 14 heavy (non-hydrogen) atoms. The Kier molecular flexibility index (Phi) is 1.83. The summed E-state index contributed by atoms with van der Waals surface area (Å²) in [4.78, 5) is 17.0. The molecule has 0 saturated carbocycles. The van der Waals surface area contributed by atoms with E-state index in [2.05, 4.69) is 0 Å². The summed E-state index contributed by atoms with van der Waals surface area (Å²) in [7, 11) is -5.42. The predicted molar refractivity (Wildman–Crippen MR) is 45.9 cm³/mol. The molecule has 0 aliphatic heterocycles. The minimum Gasteiger partial charge on any atom is -0.320 e. The summed E-state index contributed by atoms with van der Waals surface area (Å²) in [5.74, 6) is 0. The highest BCUT2D eigenvalue weighted by atomic mass is 31.2. The number of alkyl halides is 2. The summed E-state index contributed by atoms with van der Waals surface area (Å²) in [5.41, 5.74) is -3.63. The maximum Gasteiger partial charge on any atom is 0.399 e. The van der Waals surface area contributed by atoms with Gasteiger partial charge in [-0.05, 0) is 23.6 Å². The number of hydrogen-bond donors (Lipinski definition) is 2. The van der Waals surface area contributed by atoms with E-state index in [1.54, 1.807) is 6.08 Å². The predicted octanol–water partition coefficient (Wildman–Crippen LogP) is 1.95. The zero-order valence-electron chi connectivity index (χ0n) is 6.94. The highest BCUT2D eigenvalue weighted by Crippen LogP contribution is 2.59. The lowest BCUT2D eigenvalue weighted by Crippen LogP contribution is -2.19. The van der Waals surface area contributed by atoms with Gasteiger partial charge >= 0.3 is 13.3 Å². The third kappa shape index (κ3) is 1.21. The Morgan fingerprint density at radius 2 is 2.00 bits per heavy atom. The fraction of sp³-hybridized carbons (Fsp3) is 0.250. The van der Waals surface area contributed by atoms with E-state index in [0.717, 1.165) is 6.08 Å². The van der Waals surface area contributed by atoms with Gasteiger partial charge in [0.1, 0.15) is 0 Å². The molecule has 2 aliphatic carbocycles. The molecule has 2 N–H and O–H groups in total. The molecule has 0 atom stereocenters. The van der Waals surface area contributed by atoms with Crippen LogP contribution in [0.3, 0.4) is 0 Å². The maximum atomic E-state index is 13.2. The van der Waals surface area contributed by atoms with Crippen molar-refractivity contribution in [1.29, 1.82) is 0 Å². The lowest BCUT2D eigenvalue weighted by atomic mass is 10.1. The smallest absolute Gasteiger partial charge is 0.320 e. The van der Waals surface area contributed by atoms with E-state index in [1.165, 1.54) is 6.08 Å². The van der Waals surface area contributed by atoms with E-state index >= 15 is 0 Å². The van der Waals surface area contributed by atoms with Gasteiger partial charge in [-0.25, -0.2) is 0 Å². The van der Waals surface area contributed by atoms with E-state index in [9.17, 15) is 13.3 Å². The summed E-state index contributed by atoms with van der Waals surface area (Å²) >= 11 is 0. The van der Waals surface area contributed by atoms with Crippen molar-refractivity contribution in [1.82, 2.24) is 0 Å². The second kappa shape index (κ2) is 2.63. The van der Waals surface area contributed by atoms with Gasteiger partial charge in [0, 0.05) is 5.57 Å². The van der Waals surface area contributed by atoms with E-state index in [-0.39, 0.29) is 0 Å². The van der Waals surface area contributed by atoms with E-state index in [0.29, 0.717) is 17.6 Å². The van der Waals surface area contributed by atoms with Gasteiger partial charge in [0.25, 0.3) is 0 Å². The molecular weight excluding hydrogens is 213 g/mol. The van der Waals surface area contributed by atoms with Crippen LogP contribution in [-0.2, 0) is 4.57 Å². The van der Waals surface area contributed by atoms with Gasteiger partial charge in [-0.2, -0.15) is 8.78 Å². The fourth-order valence-corrected chi connectivity index (χ4v) is 2.07. The molecule has 2 rings (SSSR count). The first-order valence-electron chi connectivity index (χ1n) is 3.88. The summed E-state index contributed by atoms with van der Waals surface area (Å²) in [6.45, 7) is 0. The van der Waals surface area contributed by atoms with Crippen LogP contribution in [0.1, 0.15) is 6.42 Å². The molecule has 0 radical (unpaired) electrons. The van der Waals surface area contributed by atoms with Gasteiger partial charge in [-0.15, -0.1) is 0 Å². The average Bonchev–Trinajstić information content (AvgIpc) is 2.61. The zero-order chi connectivity index (χ0) is 10.6. The van der Waals surface area contributed by atoms with Gasteiger partial charge in [-0.3, -0.25) is 4.57 Å². The minimum atomic E-state index is -5.42. The first-order valence-corrected chi connectivity index (χ1v) is 5.49. The summed E-state index contributed by atoms with van der Waals surface area (Å²) in [6.07, 6.45) is 4.63. The number of hydrogen-bond acceptors (Lipinski definition) is 1. The van der Waals surface area contributed by atoms with Gasteiger partial charge in [-0.1, -0.05) is 12.2 Å². The summed E-state index contributed by atoms with van der Waals surface area (Å²) in [5, 5.41) is 0. The van der Waals surface area contributed by atoms with Gasteiger partial charge < -0.3 is 9.79 Å². The Balaban J connectivity index is 2.49. The number of fused-ring (bicyclic) bond motifs is 2. The molecule has 2 aliphatic rings. The molecule has 0 unspecified atom stereocenters. The maximum absolute atomic E-state index is 13.2. The minimum absolute atomic E-state index is 0.299. The summed E-state index contributed by atoms with van der Waals surface area (Å²) in [6, 6.07) is 0. The highest BCUT2D eigenvalue weighted by molar-refractivity contribution is 7.53. The van der Waals surface area contributed by atoms with Crippen molar-refractivity contribution >= 4 is 7.60 Å². The molecule has 76 valence electrons. The van der Waals surface area contributed by atoms with Crippen molar-refractivity contribution < 1.29 is 23.1 Å². The summed E-state index contributed by atoms with van der Waals surface area (Å²) < 4.78 is 37.0. The topological polar surface area (TPSA) is 57.5 Å². The van der Waals surface area contributed by atoms with Crippen LogP contribution in [0, 0.1) is 0 Å². The average molecular weight is 220 g/mol. The normalized spacial score (nSPS) is 20.7. The molecular formula is C8H7F2O3P. The Bertz CT molecular complexity index is 428. The molecule has 0 fully saturated rings. The quantitative estimate of drug-likeness (QED) is 0.699. The van der Waals surface area contributed by atoms with E-state index in [1.807, 2.05) is 0 Å². The highest BCUT2D eigenvalue weighted by Gasteiger charge is 2.53. The van der Waals surface area contributed by atoms with Crippen molar-refractivity contribution in [3.05, 3.63) is 34.9 Å².